The second kappa shape index (κ2) is 4.30. The van der Waals surface area contributed by atoms with Crippen LogP contribution in [0, 0.1) is 10.1 Å². The summed E-state index contributed by atoms with van der Waals surface area (Å²) < 4.78 is 0. The highest BCUT2D eigenvalue weighted by Gasteiger charge is 2.17. The maximum atomic E-state index is 10.8. The Hall–Kier alpha value is -1.91. The summed E-state index contributed by atoms with van der Waals surface area (Å²) in [5, 5.41) is 10.6. The molecule has 0 radical (unpaired) electrons. The normalized spacial score (nSPS) is 15.1. The molecule has 5 heteroatoms. The zero-order valence-electron chi connectivity index (χ0n) is 8.76. The third-order valence-corrected chi connectivity index (χ3v) is 2.81. The minimum absolute atomic E-state index is 0.127. The van der Waals surface area contributed by atoms with Crippen LogP contribution in [-0.4, -0.2) is 24.3 Å². The van der Waals surface area contributed by atoms with Gasteiger partial charge < -0.3 is 4.90 Å². The van der Waals surface area contributed by atoms with Crippen molar-refractivity contribution in [2.75, 3.05) is 18.0 Å². The molecule has 1 heterocycles. The molecular weight excluding hydrogens is 208 g/mol. The van der Waals surface area contributed by atoms with Gasteiger partial charge in [-0.3, -0.25) is 14.9 Å². The molecular formula is C11H12N2O3. The van der Waals surface area contributed by atoms with E-state index < -0.39 is 4.92 Å². The van der Waals surface area contributed by atoms with Gasteiger partial charge in [-0.25, -0.2) is 0 Å². The van der Waals surface area contributed by atoms with Crippen molar-refractivity contribution in [3.63, 3.8) is 0 Å². The quantitative estimate of drug-likeness (QED) is 0.444. The molecule has 1 aromatic rings. The van der Waals surface area contributed by atoms with Crippen molar-refractivity contribution in [2.24, 2.45) is 0 Å². The van der Waals surface area contributed by atoms with E-state index in [-0.39, 0.29) is 11.3 Å². The van der Waals surface area contributed by atoms with E-state index in [1.165, 1.54) is 6.07 Å². The second-order valence-electron chi connectivity index (χ2n) is 3.81. The van der Waals surface area contributed by atoms with Gasteiger partial charge >= 0.3 is 0 Å². The molecule has 1 aliphatic heterocycles. The highest BCUT2D eigenvalue weighted by atomic mass is 16.6. The van der Waals surface area contributed by atoms with Gasteiger partial charge in [-0.05, 0) is 25.0 Å². The molecule has 1 aliphatic rings. The highest BCUT2D eigenvalue weighted by molar-refractivity contribution is 5.83. The molecule has 0 spiro atoms. The summed E-state index contributed by atoms with van der Waals surface area (Å²) in [6, 6.07) is 4.70. The first-order valence-electron chi connectivity index (χ1n) is 5.21. The maximum Gasteiger partial charge on any atom is 0.280 e. The van der Waals surface area contributed by atoms with Crippen molar-refractivity contribution in [3.05, 3.63) is 33.9 Å². The van der Waals surface area contributed by atoms with E-state index in [4.69, 9.17) is 0 Å². The number of nitro groups is 1. The fourth-order valence-electron chi connectivity index (χ4n) is 1.97. The fourth-order valence-corrected chi connectivity index (χ4v) is 1.97. The minimum atomic E-state index is -0.530. The Morgan fingerprint density at radius 3 is 2.56 bits per heavy atom. The van der Waals surface area contributed by atoms with Crippen molar-refractivity contribution < 1.29 is 9.72 Å². The van der Waals surface area contributed by atoms with Crippen molar-refractivity contribution in [2.45, 2.75) is 12.8 Å². The predicted molar refractivity (Wildman–Crippen MR) is 59.9 cm³/mol. The molecule has 0 unspecified atom stereocenters. The molecule has 0 amide bonds. The molecule has 0 atom stereocenters. The van der Waals surface area contributed by atoms with E-state index in [1.54, 1.807) is 12.1 Å². The number of carbonyl (C=O) groups is 1. The van der Waals surface area contributed by atoms with Crippen molar-refractivity contribution in [1.82, 2.24) is 0 Å². The van der Waals surface area contributed by atoms with Crippen LogP contribution < -0.4 is 4.90 Å². The van der Waals surface area contributed by atoms with Gasteiger partial charge in [-0.1, -0.05) is 0 Å². The molecule has 1 fully saturated rings. The summed E-state index contributed by atoms with van der Waals surface area (Å²) in [6.07, 6.45) is 2.80. The Kier molecular flexibility index (Phi) is 2.85. The van der Waals surface area contributed by atoms with Crippen LogP contribution in [0.4, 0.5) is 11.4 Å². The van der Waals surface area contributed by atoms with E-state index >= 15 is 0 Å². The van der Waals surface area contributed by atoms with E-state index in [0.29, 0.717) is 6.29 Å². The lowest BCUT2D eigenvalue weighted by atomic mass is 10.1. The van der Waals surface area contributed by atoms with Crippen LogP contribution in [0.3, 0.4) is 0 Å². The lowest BCUT2D eigenvalue weighted by Crippen LogP contribution is -2.17. The smallest absolute Gasteiger partial charge is 0.280 e. The van der Waals surface area contributed by atoms with Crippen LogP contribution in [0.5, 0.6) is 0 Å². The molecule has 1 saturated heterocycles. The highest BCUT2D eigenvalue weighted by Crippen LogP contribution is 2.26. The van der Waals surface area contributed by atoms with Gasteiger partial charge in [0.1, 0.15) is 0 Å². The average Bonchev–Trinajstić information content (AvgIpc) is 2.81. The van der Waals surface area contributed by atoms with Crippen molar-refractivity contribution >= 4 is 17.7 Å². The monoisotopic (exact) mass is 220 g/mol. The number of carbonyl (C=O) groups excluding carboxylic acids is 1. The molecule has 0 saturated carbocycles. The van der Waals surface area contributed by atoms with Crippen molar-refractivity contribution in [3.8, 4) is 0 Å². The SMILES string of the molecule is O=Cc1cc(N2CCCC2)ccc1[N+](=O)[O-]. The van der Waals surface area contributed by atoms with Crippen LogP contribution in [0.25, 0.3) is 0 Å². The number of benzene rings is 1. The Balaban J connectivity index is 2.35. The van der Waals surface area contributed by atoms with Gasteiger partial charge in [0.2, 0.25) is 0 Å². The van der Waals surface area contributed by atoms with E-state index in [1.807, 2.05) is 0 Å². The molecule has 0 bridgehead atoms. The number of anilines is 1. The first kappa shape index (κ1) is 10.6. The molecule has 0 aliphatic carbocycles. The Morgan fingerprint density at radius 1 is 1.31 bits per heavy atom. The first-order valence-corrected chi connectivity index (χ1v) is 5.21. The molecule has 1 aromatic carbocycles. The fraction of sp³-hybridized carbons (Fsp3) is 0.364. The maximum absolute atomic E-state index is 10.8. The number of nitro benzene ring substituents is 1. The Bertz CT molecular complexity index is 425. The van der Waals surface area contributed by atoms with Gasteiger partial charge in [0.25, 0.3) is 5.69 Å². The topological polar surface area (TPSA) is 63.5 Å². The van der Waals surface area contributed by atoms with Crippen LogP contribution in [0.2, 0.25) is 0 Å². The summed E-state index contributed by atoms with van der Waals surface area (Å²) in [5.41, 5.74) is 0.914. The molecule has 5 nitrogen and oxygen atoms in total. The van der Waals surface area contributed by atoms with E-state index in [2.05, 4.69) is 4.90 Å². The Morgan fingerprint density at radius 2 is 2.00 bits per heavy atom. The van der Waals surface area contributed by atoms with Gasteiger partial charge in [0, 0.05) is 24.8 Å². The summed E-state index contributed by atoms with van der Waals surface area (Å²) in [5.74, 6) is 0. The van der Waals surface area contributed by atoms with Crippen LogP contribution in [0.15, 0.2) is 18.2 Å². The standard InChI is InChI=1S/C11H12N2O3/c14-8-9-7-10(12-5-1-2-6-12)3-4-11(9)13(15)16/h3-4,7-8H,1-2,5-6H2. The number of aldehydes is 1. The third kappa shape index (κ3) is 1.88. The summed E-state index contributed by atoms with van der Waals surface area (Å²) >= 11 is 0. The van der Waals surface area contributed by atoms with Crippen molar-refractivity contribution in [1.29, 1.82) is 0 Å². The van der Waals surface area contributed by atoms with E-state index in [0.717, 1.165) is 31.6 Å². The zero-order valence-corrected chi connectivity index (χ0v) is 8.76. The van der Waals surface area contributed by atoms with Crippen LogP contribution in [0.1, 0.15) is 23.2 Å². The number of nitrogens with zero attached hydrogens (tertiary/aromatic N) is 2. The first-order chi connectivity index (χ1) is 7.72. The summed E-state index contributed by atoms with van der Waals surface area (Å²) in [4.78, 5) is 23.0. The molecule has 0 aromatic heterocycles. The molecule has 16 heavy (non-hydrogen) atoms. The lowest BCUT2D eigenvalue weighted by Gasteiger charge is -2.17. The second-order valence-corrected chi connectivity index (χ2v) is 3.81. The van der Waals surface area contributed by atoms with Gasteiger partial charge in [-0.15, -0.1) is 0 Å². The largest absolute Gasteiger partial charge is 0.372 e. The zero-order chi connectivity index (χ0) is 11.5. The van der Waals surface area contributed by atoms with E-state index in [9.17, 15) is 14.9 Å². The molecule has 84 valence electrons. The minimum Gasteiger partial charge on any atom is -0.372 e. The van der Waals surface area contributed by atoms with Crippen LogP contribution >= 0.6 is 0 Å². The average molecular weight is 220 g/mol. The third-order valence-electron chi connectivity index (χ3n) is 2.81. The number of hydrogen-bond acceptors (Lipinski definition) is 4. The summed E-state index contributed by atoms with van der Waals surface area (Å²) in [6.45, 7) is 1.91. The van der Waals surface area contributed by atoms with Gasteiger partial charge in [0.15, 0.2) is 6.29 Å². The predicted octanol–water partition coefficient (Wildman–Crippen LogP) is 2.01. The number of hydrogen-bond donors (Lipinski definition) is 0. The Labute approximate surface area is 92.8 Å². The van der Waals surface area contributed by atoms with Crippen LogP contribution in [-0.2, 0) is 0 Å². The lowest BCUT2D eigenvalue weighted by molar-refractivity contribution is -0.385. The molecule has 0 N–H and O–H groups in total. The number of rotatable bonds is 3. The van der Waals surface area contributed by atoms with Gasteiger partial charge in [-0.2, -0.15) is 0 Å². The summed E-state index contributed by atoms with van der Waals surface area (Å²) in [7, 11) is 0. The van der Waals surface area contributed by atoms with Gasteiger partial charge in [0.05, 0.1) is 10.5 Å². The molecule has 2 rings (SSSR count).